The highest BCUT2D eigenvalue weighted by Crippen LogP contribution is 2.39. The largest absolute Gasteiger partial charge is 0.385 e. The molecule has 1 fully saturated rings. The van der Waals surface area contributed by atoms with Crippen molar-refractivity contribution in [1.29, 1.82) is 0 Å². The van der Waals surface area contributed by atoms with Crippen LogP contribution in [0, 0.1) is 0 Å². The lowest BCUT2D eigenvalue weighted by molar-refractivity contribution is 0.307. The zero-order valence-corrected chi connectivity index (χ0v) is 21.0. The summed E-state index contributed by atoms with van der Waals surface area (Å²) in [5.41, 5.74) is 4.41. The Bertz CT molecular complexity index is 1240. The standard InChI is InChI=1S/C27H26BrN5S/c28-20-9-6-12-22(19-20)32-17-7-14-24(32)26-25(23-13-4-5-15-30-23)31-27(34)33(26)18-8-16-29-21-10-2-1-3-11-21/h1-7,9-15,17,19,25-26,29H,8,16,18H2,(H,31,34). The van der Waals surface area contributed by atoms with Crippen molar-refractivity contribution in [1.82, 2.24) is 19.8 Å². The van der Waals surface area contributed by atoms with Gasteiger partial charge in [0.15, 0.2) is 5.11 Å². The third-order valence-corrected chi connectivity index (χ3v) is 6.89. The highest BCUT2D eigenvalue weighted by Gasteiger charge is 2.40. The Morgan fingerprint density at radius 2 is 1.82 bits per heavy atom. The first-order chi connectivity index (χ1) is 16.7. The molecule has 2 unspecified atom stereocenters. The van der Waals surface area contributed by atoms with Crippen LogP contribution in [0.15, 0.2) is 102 Å². The predicted molar refractivity (Wildman–Crippen MR) is 145 cm³/mol. The van der Waals surface area contributed by atoms with Crippen LogP contribution in [0.5, 0.6) is 0 Å². The minimum atomic E-state index is -0.0309. The summed E-state index contributed by atoms with van der Waals surface area (Å²) in [5, 5.41) is 7.83. The lowest BCUT2D eigenvalue weighted by Gasteiger charge is -2.29. The Morgan fingerprint density at radius 1 is 0.971 bits per heavy atom. The molecular formula is C27H26BrN5S. The molecule has 2 aromatic carbocycles. The van der Waals surface area contributed by atoms with Crippen LogP contribution >= 0.6 is 28.1 Å². The van der Waals surface area contributed by atoms with E-state index in [4.69, 9.17) is 12.2 Å². The molecular weight excluding hydrogens is 506 g/mol. The SMILES string of the molecule is S=C1NC(c2ccccn2)C(c2cccn2-c2cccc(Br)c2)N1CCCNc1ccccc1. The summed E-state index contributed by atoms with van der Waals surface area (Å²) in [4.78, 5) is 6.98. The number of benzene rings is 2. The highest BCUT2D eigenvalue weighted by atomic mass is 79.9. The van der Waals surface area contributed by atoms with Crippen molar-refractivity contribution in [2.24, 2.45) is 0 Å². The molecule has 1 aliphatic rings. The van der Waals surface area contributed by atoms with Gasteiger partial charge < -0.3 is 20.1 Å². The van der Waals surface area contributed by atoms with E-state index < -0.39 is 0 Å². The van der Waals surface area contributed by atoms with Crippen molar-refractivity contribution in [3.05, 3.63) is 113 Å². The number of anilines is 1. The number of para-hydroxylation sites is 1. The van der Waals surface area contributed by atoms with Crippen molar-refractivity contribution in [3.63, 3.8) is 0 Å². The average Bonchev–Trinajstić information content (AvgIpc) is 3.47. The summed E-state index contributed by atoms with van der Waals surface area (Å²) >= 11 is 9.46. The molecule has 2 atom stereocenters. The topological polar surface area (TPSA) is 45.1 Å². The minimum Gasteiger partial charge on any atom is -0.385 e. The fourth-order valence-corrected chi connectivity index (χ4v) is 5.22. The Labute approximate surface area is 214 Å². The number of aromatic nitrogens is 2. The highest BCUT2D eigenvalue weighted by molar-refractivity contribution is 9.10. The van der Waals surface area contributed by atoms with Crippen LogP contribution in [-0.2, 0) is 0 Å². The fraction of sp³-hybridized carbons (Fsp3) is 0.185. The van der Waals surface area contributed by atoms with E-state index in [1.165, 1.54) is 5.69 Å². The van der Waals surface area contributed by atoms with Gasteiger partial charge in [-0.25, -0.2) is 0 Å². The Morgan fingerprint density at radius 3 is 2.62 bits per heavy atom. The average molecular weight is 533 g/mol. The van der Waals surface area contributed by atoms with Gasteiger partial charge in [-0.05, 0) is 73.2 Å². The van der Waals surface area contributed by atoms with E-state index in [2.05, 4.69) is 95.7 Å². The van der Waals surface area contributed by atoms with Crippen LogP contribution < -0.4 is 10.6 Å². The normalized spacial score (nSPS) is 17.6. The fourth-order valence-electron chi connectivity index (χ4n) is 4.50. The van der Waals surface area contributed by atoms with Crippen LogP contribution in [0.3, 0.4) is 0 Å². The van der Waals surface area contributed by atoms with Crippen LogP contribution in [-0.4, -0.2) is 32.7 Å². The van der Waals surface area contributed by atoms with E-state index in [1.807, 2.05) is 42.6 Å². The molecule has 1 aliphatic heterocycles. The third-order valence-electron chi connectivity index (χ3n) is 6.05. The van der Waals surface area contributed by atoms with E-state index >= 15 is 0 Å². The Hall–Kier alpha value is -3.16. The summed E-state index contributed by atoms with van der Waals surface area (Å²) in [6, 6.07) is 29.0. The monoisotopic (exact) mass is 531 g/mol. The number of pyridine rings is 1. The van der Waals surface area contributed by atoms with E-state index in [0.717, 1.165) is 46.2 Å². The minimum absolute atomic E-state index is 0.0214. The van der Waals surface area contributed by atoms with Crippen LogP contribution in [0.1, 0.15) is 29.9 Å². The van der Waals surface area contributed by atoms with Gasteiger partial charge in [0.25, 0.3) is 0 Å². The maximum atomic E-state index is 5.84. The molecule has 2 aromatic heterocycles. The van der Waals surface area contributed by atoms with E-state index in [0.29, 0.717) is 0 Å². The summed E-state index contributed by atoms with van der Waals surface area (Å²) in [6.07, 6.45) is 4.92. The molecule has 34 heavy (non-hydrogen) atoms. The van der Waals surface area contributed by atoms with Crippen molar-refractivity contribution >= 4 is 38.9 Å². The maximum absolute atomic E-state index is 5.84. The van der Waals surface area contributed by atoms with Gasteiger partial charge in [-0.2, -0.15) is 0 Å². The van der Waals surface area contributed by atoms with Crippen molar-refractivity contribution in [2.75, 3.05) is 18.4 Å². The van der Waals surface area contributed by atoms with Gasteiger partial charge in [0.2, 0.25) is 0 Å². The number of hydrogen-bond donors (Lipinski definition) is 2. The summed E-state index contributed by atoms with van der Waals surface area (Å²) < 4.78 is 3.30. The van der Waals surface area contributed by atoms with Crippen LogP contribution in [0.2, 0.25) is 0 Å². The molecule has 0 amide bonds. The summed E-state index contributed by atoms with van der Waals surface area (Å²) in [5.74, 6) is 0. The van der Waals surface area contributed by atoms with E-state index in [9.17, 15) is 0 Å². The summed E-state index contributed by atoms with van der Waals surface area (Å²) in [6.45, 7) is 1.71. The lowest BCUT2D eigenvalue weighted by Crippen LogP contribution is -2.32. The van der Waals surface area contributed by atoms with Crippen LogP contribution in [0.25, 0.3) is 5.69 Å². The maximum Gasteiger partial charge on any atom is 0.170 e. The molecule has 0 spiro atoms. The lowest BCUT2D eigenvalue weighted by atomic mass is 10.0. The van der Waals surface area contributed by atoms with E-state index in [1.54, 1.807) is 0 Å². The molecule has 1 saturated heterocycles. The van der Waals surface area contributed by atoms with Gasteiger partial charge in [0, 0.05) is 47.0 Å². The van der Waals surface area contributed by atoms with Gasteiger partial charge in [0.1, 0.15) is 0 Å². The number of halogens is 1. The molecule has 3 heterocycles. The number of nitrogens with one attached hydrogen (secondary N) is 2. The Balaban J connectivity index is 1.43. The quantitative estimate of drug-likeness (QED) is 0.212. The van der Waals surface area contributed by atoms with Gasteiger partial charge in [-0.15, -0.1) is 0 Å². The van der Waals surface area contributed by atoms with E-state index in [-0.39, 0.29) is 12.1 Å². The first-order valence-electron chi connectivity index (χ1n) is 11.4. The second-order valence-electron chi connectivity index (χ2n) is 8.25. The molecule has 0 aliphatic carbocycles. The van der Waals surface area contributed by atoms with Gasteiger partial charge in [0.05, 0.1) is 17.8 Å². The number of thiocarbonyl (C=S) groups is 1. The van der Waals surface area contributed by atoms with Crippen molar-refractivity contribution < 1.29 is 0 Å². The second kappa shape index (κ2) is 10.4. The predicted octanol–water partition coefficient (Wildman–Crippen LogP) is 6.11. The summed E-state index contributed by atoms with van der Waals surface area (Å²) in [7, 11) is 0. The molecule has 5 nitrogen and oxygen atoms in total. The second-order valence-corrected chi connectivity index (χ2v) is 9.55. The van der Waals surface area contributed by atoms with Gasteiger partial charge in [-0.3, -0.25) is 4.98 Å². The molecule has 0 bridgehead atoms. The first-order valence-corrected chi connectivity index (χ1v) is 12.6. The third kappa shape index (κ3) is 4.86. The molecule has 0 saturated carbocycles. The van der Waals surface area contributed by atoms with Crippen molar-refractivity contribution in [3.8, 4) is 5.69 Å². The number of nitrogens with zero attached hydrogens (tertiary/aromatic N) is 3. The Kier molecular flexibility index (Phi) is 6.92. The molecule has 0 radical (unpaired) electrons. The zero-order chi connectivity index (χ0) is 23.3. The van der Waals surface area contributed by atoms with Crippen molar-refractivity contribution in [2.45, 2.75) is 18.5 Å². The number of hydrogen-bond acceptors (Lipinski definition) is 3. The van der Waals surface area contributed by atoms with Crippen LogP contribution in [0.4, 0.5) is 5.69 Å². The smallest absolute Gasteiger partial charge is 0.170 e. The molecule has 5 rings (SSSR count). The number of rotatable bonds is 8. The molecule has 7 heteroatoms. The van der Waals surface area contributed by atoms with Gasteiger partial charge >= 0.3 is 0 Å². The molecule has 4 aromatic rings. The first kappa shape index (κ1) is 22.6. The van der Waals surface area contributed by atoms with Gasteiger partial charge in [-0.1, -0.05) is 46.3 Å². The molecule has 2 N–H and O–H groups in total. The molecule has 172 valence electrons. The zero-order valence-electron chi connectivity index (χ0n) is 18.6.